The van der Waals surface area contributed by atoms with Crippen molar-refractivity contribution in [1.82, 2.24) is 15.5 Å². The number of aliphatic imine (C=N–C) groups is 3. The van der Waals surface area contributed by atoms with E-state index in [1.54, 1.807) is 17.8 Å². The number of ether oxygens (including phenoxy) is 1. The van der Waals surface area contributed by atoms with Crippen molar-refractivity contribution in [2.75, 3.05) is 25.7 Å². The van der Waals surface area contributed by atoms with Crippen molar-refractivity contribution < 1.29 is 4.74 Å². The smallest absolute Gasteiger partial charge is 0.157 e. The summed E-state index contributed by atoms with van der Waals surface area (Å²) >= 11 is 9.88. The minimum absolute atomic E-state index is 0.153. The number of rotatable bonds is 10. The van der Waals surface area contributed by atoms with E-state index in [1.807, 2.05) is 50.5 Å². The van der Waals surface area contributed by atoms with E-state index in [-0.39, 0.29) is 6.17 Å². The molecule has 0 aliphatic carbocycles. The molecule has 2 aliphatic heterocycles. The lowest BCUT2D eigenvalue weighted by Crippen LogP contribution is -2.36. The van der Waals surface area contributed by atoms with Crippen LogP contribution in [0.15, 0.2) is 80.7 Å². The van der Waals surface area contributed by atoms with E-state index in [9.17, 15) is 0 Å². The van der Waals surface area contributed by atoms with Gasteiger partial charge in [0.15, 0.2) is 5.17 Å². The molecule has 1 fully saturated rings. The van der Waals surface area contributed by atoms with Crippen molar-refractivity contribution in [3.05, 3.63) is 76.8 Å². The molecule has 0 amide bonds. The molecule has 0 unspecified atom stereocenters. The van der Waals surface area contributed by atoms with Crippen LogP contribution in [-0.4, -0.2) is 53.2 Å². The van der Waals surface area contributed by atoms with Gasteiger partial charge in [0, 0.05) is 35.8 Å². The van der Waals surface area contributed by atoms with Gasteiger partial charge in [-0.05, 0) is 56.9 Å². The summed E-state index contributed by atoms with van der Waals surface area (Å²) in [6.07, 6.45) is 7.18. The molecule has 1 saturated heterocycles. The van der Waals surface area contributed by atoms with Gasteiger partial charge in [-0.15, -0.1) is 11.8 Å². The molecule has 2 N–H and O–H groups in total. The lowest BCUT2D eigenvalue weighted by Gasteiger charge is -2.33. The van der Waals surface area contributed by atoms with Crippen LogP contribution in [0.4, 0.5) is 5.69 Å². The average Bonchev–Trinajstić information content (AvgIpc) is 3.30. The highest BCUT2D eigenvalue weighted by atomic mass is 35.5. The van der Waals surface area contributed by atoms with Crippen molar-refractivity contribution in [3.63, 3.8) is 0 Å². The predicted molar refractivity (Wildman–Crippen MR) is 163 cm³/mol. The number of fused-ring (bicyclic) bond motifs is 1. The number of amidine groups is 1. The van der Waals surface area contributed by atoms with Crippen molar-refractivity contribution in [2.45, 2.75) is 39.5 Å². The second-order valence-electron chi connectivity index (χ2n) is 8.77. The Hall–Kier alpha value is -2.62. The minimum atomic E-state index is -0.153. The number of nitrogens with zero attached hydrogens (tertiary/aromatic N) is 4. The highest BCUT2D eigenvalue weighted by molar-refractivity contribution is 8.14. The molecule has 0 radical (unpaired) electrons. The normalized spacial score (nSPS) is 21.4. The number of nitrogens with one attached hydrogen (secondary N) is 2. The third-order valence-electron chi connectivity index (χ3n) is 5.52. The fourth-order valence-corrected chi connectivity index (χ4v) is 5.08. The molecule has 0 saturated carbocycles. The predicted octanol–water partition coefficient (Wildman–Crippen LogP) is 6.31. The molecule has 10 heteroatoms. The number of halogens is 1. The molecule has 2 atom stereocenters. The van der Waals surface area contributed by atoms with Gasteiger partial charge in [-0.25, -0.2) is 9.98 Å². The van der Waals surface area contributed by atoms with Crippen LogP contribution in [0, 0.1) is 0 Å². The SMILES string of the molecule is C=C/C(=C\C(Cl)=C(/C)OCC(=NC(=C)C)SC)N[C@@H]1c2cc(CN=C3N[C@H](C)CS3)ccc2N=CN1C. The number of hydrogen-bond donors (Lipinski definition) is 2. The quantitative estimate of drug-likeness (QED) is 0.152. The second kappa shape index (κ2) is 13.8. The summed E-state index contributed by atoms with van der Waals surface area (Å²) in [5.74, 6) is 1.65. The van der Waals surface area contributed by atoms with Crippen LogP contribution in [0.5, 0.6) is 0 Å². The molecule has 1 aromatic carbocycles. The lowest BCUT2D eigenvalue weighted by atomic mass is 10.0. The van der Waals surface area contributed by atoms with Crippen molar-refractivity contribution in [3.8, 4) is 0 Å². The Balaban J connectivity index is 1.76. The van der Waals surface area contributed by atoms with E-state index in [2.05, 4.69) is 52.8 Å². The van der Waals surface area contributed by atoms with Gasteiger partial charge in [-0.2, -0.15) is 0 Å². The molecule has 37 heavy (non-hydrogen) atoms. The highest BCUT2D eigenvalue weighted by Crippen LogP contribution is 2.33. The zero-order valence-corrected chi connectivity index (χ0v) is 24.4. The number of thioether (sulfide) groups is 2. The topological polar surface area (TPSA) is 73.6 Å². The second-order valence-corrected chi connectivity index (χ2v) is 11.1. The zero-order valence-electron chi connectivity index (χ0n) is 22.0. The third-order valence-corrected chi connectivity index (χ3v) is 7.77. The van der Waals surface area contributed by atoms with E-state index in [4.69, 9.17) is 21.3 Å². The molecule has 198 valence electrons. The minimum Gasteiger partial charge on any atom is -0.490 e. The fraction of sp³-hybridized carbons (Fsp3) is 0.370. The molecular weight excluding hydrogens is 524 g/mol. The van der Waals surface area contributed by atoms with Gasteiger partial charge in [-0.1, -0.05) is 42.6 Å². The maximum absolute atomic E-state index is 6.59. The fourth-order valence-electron chi connectivity index (χ4n) is 3.55. The number of benzene rings is 1. The molecule has 0 bridgehead atoms. The summed E-state index contributed by atoms with van der Waals surface area (Å²) in [5, 5.41) is 9.26. The van der Waals surface area contributed by atoms with Gasteiger partial charge in [0.05, 0.1) is 23.6 Å². The molecule has 2 aliphatic rings. The molecule has 3 rings (SSSR count). The zero-order chi connectivity index (χ0) is 26.9. The van der Waals surface area contributed by atoms with Crippen molar-refractivity contribution in [2.24, 2.45) is 15.0 Å². The van der Waals surface area contributed by atoms with Gasteiger partial charge in [-0.3, -0.25) is 4.99 Å². The molecule has 1 aromatic rings. The molecule has 0 spiro atoms. The van der Waals surface area contributed by atoms with Crippen LogP contribution in [0.3, 0.4) is 0 Å². The van der Waals surface area contributed by atoms with Crippen LogP contribution < -0.4 is 10.6 Å². The summed E-state index contributed by atoms with van der Waals surface area (Å²) in [4.78, 5) is 15.7. The number of hydrogen-bond acceptors (Lipinski definition) is 8. The summed E-state index contributed by atoms with van der Waals surface area (Å²) in [6.45, 7) is 14.6. The van der Waals surface area contributed by atoms with Gasteiger partial charge in [0.1, 0.15) is 23.6 Å². The Morgan fingerprint density at radius 3 is 2.86 bits per heavy atom. The van der Waals surface area contributed by atoms with Crippen LogP contribution >= 0.6 is 35.1 Å². The van der Waals surface area contributed by atoms with E-state index in [1.165, 1.54) is 11.8 Å². The van der Waals surface area contributed by atoms with Gasteiger partial charge >= 0.3 is 0 Å². The first-order valence-electron chi connectivity index (χ1n) is 11.9. The summed E-state index contributed by atoms with van der Waals surface area (Å²) in [6, 6.07) is 6.74. The molecule has 2 heterocycles. The first-order valence-corrected chi connectivity index (χ1v) is 14.5. The number of allylic oxidation sites excluding steroid dienone is 5. The average molecular weight is 559 g/mol. The lowest BCUT2D eigenvalue weighted by molar-refractivity contribution is 0.262. The van der Waals surface area contributed by atoms with Gasteiger partial charge in [0.2, 0.25) is 0 Å². The largest absolute Gasteiger partial charge is 0.490 e. The van der Waals surface area contributed by atoms with E-state index in [0.29, 0.717) is 30.0 Å². The summed E-state index contributed by atoms with van der Waals surface area (Å²) in [5.41, 5.74) is 4.60. The van der Waals surface area contributed by atoms with Crippen molar-refractivity contribution >= 4 is 57.4 Å². The van der Waals surface area contributed by atoms with Crippen LogP contribution in [-0.2, 0) is 11.3 Å². The highest BCUT2D eigenvalue weighted by Gasteiger charge is 2.23. The Kier molecular flexibility index (Phi) is 10.8. The Bertz CT molecular complexity index is 1170. The van der Waals surface area contributed by atoms with Gasteiger partial charge in [0.25, 0.3) is 0 Å². The van der Waals surface area contributed by atoms with Crippen molar-refractivity contribution in [1.29, 1.82) is 0 Å². The summed E-state index contributed by atoms with van der Waals surface area (Å²) < 4.78 is 5.86. The molecule has 7 nitrogen and oxygen atoms in total. The Labute approximate surface area is 234 Å². The third kappa shape index (κ3) is 8.45. The van der Waals surface area contributed by atoms with Crippen LogP contribution in [0.25, 0.3) is 0 Å². The van der Waals surface area contributed by atoms with Gasteiger partial charge < -0.3 is 20.3 Å². The maximum Gasteiger partial charge on any atom is 0.157 e. The van der Waals surface area contributed by atoms with Crippen LogP contribution in [0.2, 0.25) is 0 Å². The molecular formula is C27H35ClN6OS2. The van der Waals surface area contributed by atoms with E-state index >= 15 is 0 Å². The summed E-state index contributed by atoms with van der Waals surface area (Å²) in [7, 11) is 1.98. The Morgan fingerprint density at radius 1 is 1.43 bits per heavy atom. The van der Waals surface area contributed by atoms with E-state index < -0.39 is 0 Å². The first kappa shape index (κ1) is 28.9. The monoisotopic (exact) mass is 558 g/mol. The van der Waals surface area contributed by atoms with E-state index in [0.717, 1.165) is 44.2 Å². The first-order chi connectivity index (χ1) is 17.7. The standard InChI is InChI=1S/C27H35ClN6OS2/c1-8-21(12-23(28)19(5)35-14-25(36-7)31-17(2)3)33-26-22-11-20(9-10-24(22)30-16-34(26)6)13-29-27-32-18(4)15-37-27/h8-12,16,18,26,33H,1-2,13-15H2,3-7H3,(H,29,32)/b21-12+,23-19-,31-25?/t18-,26+/m1/s1. The molecule has 0 aromatic heterocycles. The van der Waals surface area contributed by atoms with Crippen LogP contribution in [0.1, 0.15) is 38.1 Å². The maximum atomic E-state index is 6.59. The Morgan fingerprint density at radius 2 is 2.22 bits per heavy atom.